The highest BCUT2D eigenvalue weighted by Gasteiger charge is 2.25. The first-order valence-corrected chi connectivity index (χ1v) is 13.7. The molecular weight excluding hydrogens is 673 g/mol. The minimum atomic E-state index is -4.29. The number of amidine groups is 1. The normalized spacial score (nSPS) is 15.9. The molecule has 9 nitrogen and oxygen atoms in total. The Bertz CT molecular complexity index is 1490. The number of benzene rings is 3. The molecule has 0 unspecified atom stereocenters. The summed E-state index contributed by atoms with van der Waals surface area (Å²) in [6, 6.07) is 16.4. The lowest BCUT2D eigenvalue weighted by molar-refractivity contribution is -0.384. The van der Waals surface area contributed by atoms with Gasteiger partial charge < -0.3 is 9.50 Å². The van der Waals surface area contributed by atoms with E-state index >= 15 is 0 Å². The van der Waals surface area contributed by atoms with Crippen LogP contribution in [0.2, 0.25) is 0 Å². The fraction of sp³-hybridized carbons (Fsp3) is 0. The molecule has 0 radical (unpaired) electrons. The first-order valence-electron chi connectivity index (χ1n) is 9.64. The summed E-state index contributed by atoms with van der Waals surface area (Å²) in [5.41, 5.74) is 0.762. The number of nitro benzene ring substituents is 1. The Morgan fingerprint density at radius 2 is 1.77 bits per heavy atom. The average Bonchev–Trinajstić information content (AvgIpc) is 3.15. The number of nitrogens with one attached hydrogen (secondary N) is 1. The van der Waals surface area contributed by atoms with Crippen LogP contribution >= 0.6 is 50.3 Å². The second-order valence-electron chi connectivity index (χ2n) is 6.93. The van der Waals surface area contributed by atoms with Gasteiger partial charge in [-0.2, -0.15) is 8.42 Å². The lowest BCUT2D eigenvalue weighted by Gasteiger charge is -2.10. The van der Waals surface area contributed by atoms with Gasteiger partial charge in [-0.05, 0) is 95.0 Å². The lowest BCUT2D eigenvalue weighted by Crippen LogP contribution is -2.19. The molecule has 1 heterocycles. The van der Waals surface area contributed by atoms with Crippen LogP contribution < -0.4 is 9.50 Å². The summed E-state index contributed by atoms with van der Waals surface area (Å²) in [5, 5.41) is 13.9. The number of halogens is 2. The Kier molecular flexibility index (Phi) is 7.59. The van der Waals surface area contributed by atoms with Crippen LogP contribution in [0.1, 0.15) is 5.56 Å². The molecule has 4 rings (SSSR count). The number of carbonyl (C=O) groups is 1. The monoisotopic (exact) mass is 685 g/mol. The number of hydrogen-bond acceptors (Lipinski definition) is 8. The van der Waals surface area contributed by atoms with Crippen LogP contribution in [-0.2, 0) is 14.9 Å². The lowest BCUT2D eigenvalue weighted by atomic mass is 10.2. The number of thioether (sulfide) groups is 1. The number of hydrogen-bond donors (Lipinski definition) is 1. The van der Waals surface area contributed by atoms with E-state index in [4.69, 9.17) is 4.18 Å². The first kappa shape index (κ1) is 25.3. The van der Waals surface area contributed by atoms with Gasteiger partial charge in [-0.15, -0.1) is 0 Å². The van der Waals surface area contributed by atoms with E-state index in [0.717, 1.165) is 39.6 Å². The van der Waals surface area contributed by atoms with Gasteiger partial charge in [-0.3, -0.25) is 14.9 Å². The fourth-order valence-electron chi connectivity index (χ4n) is 2.86. The Labute approximate surface area is 226 Å². The molecule has 1 aliphatic rings. The average molecular weight is 686 g/mol. The zero-order chi connectivity index (χ0) is 25.2. The minimum absolute atomic E-state index is 0.0181. The Morgan fingerprint density at radius 3 is 2.43 bits per heavy atom. The van der Waals surface area contributed by atoms with Crippen LogP contribution in [0, 0.1) is 13.7 Å². The van der Waals surface area contributed by atoms with Crippen molar-refractivity contribution in [2.24, 2.45) is 4.99 Å². The summed E-state index contributed by atoms with van der Waals surface area (Å²) in [7, 11) is -4.29. The predicted molar refractivity (Wildman–Crippen MR) is 145 cm³/mol. The van der Waals surface area contributed by atoms with Crippen molar-refractivity contribution < 1.29 is 22.3 Å². The molecule has 0 atom stereocenters. The van der Waals surface area contributed by atoms with Crippen LogP contribution in [0.5, 0.6) is 5.75 Å². The topological polar surface area (TPSA) is 128 Å². The third kappa shape index (κ3) is 6.28. The predicted octanol–water partition coefficient (Wildman–Crippen LogP) is 5.62. The summed E-state index contributed by atoms with van der Waals surface area (Å²) in [4.78, 5) is 27.2. The number of aliphatic imine (C=N–C) groups is 1. The van der Waals surface area contributed by atoms with Crippen LogP contribution in [0.3, 0.4) is 0 Å². The van der Waals surface area contributed by atoms with Crippen molar-refractivity contribution in [2.75, 3.05) is 0 Å². The van der Waals surface area contributed by atoms with Crippen LogP contribution in [0.25, 0.3) is 6.08 Å². The second kappa shape index (κ2) is 10.5. The van der Waals surface area contributed by atoms with Gasteiger partial charge in [0.05, 0.1) is 15.5 Å². The molecule has 0 spiro atoms. The standard InChI is InChI=1S/C22H13BrIN3O6S2/c23-14-1-10-19(33-35(31,32)18-8-6-17(7-9-18)27(29)30)13(11-14)12-20-21(28)26-22(34-20)25-16-4-2-15(24)3-5-16/h1-12H,(H,25,26,28)/b20-12+. The summed E-state index contributed by atoms with van der Waals surface area (Å²) in [5.74, 6) is -0.404. The number of nitro groups is 1. The molecule has 13 heteroatoms. The highest BCUT2D eigenvalue weighted by atomic mass is 127. The van der Waals surface area contributed by atoms with Gasteiger partial charge in [0.15, 0.2) is 5.17 Å². The Morgan fingerprint density at radius 1 is 1.09 bits per heavy atom. The van der Waals surface area contributed by atoms with E-state index in [9.17, 15) is 23.3 Å². The molecule has 1 amide bonds. The van der Waals surface area contributed by atoms with Crippen molar-refractivity contribution in [2.45, 2.75) is 4.90 Å². The van der Waals surface area contributed by atoms with E-state index in [2.05, 4.69) is 48.8 Å². The first-order chi connectivity index (χ1) is 16.6. The van der Waals surface area contributed by atoms with Gasteiger partial charge in [0.25, 0.3) is 11.6 Å². The van der Waals surface area contributed by atoms with E-state index in [1.54, 1.807) is 12.1 Å². The molecule has 1 aliphatic heterocycles. The highest BCUT2D eigenvalue weighted by Crippen LogP contribution is 2.33. The number of amides is 1. The molecule has 3 aromatic carbocycles. The molecule has 0 aliphatic carbocycles. The third-order valence-electron chi connectivity index (χ3n) is 4.50. The summed E-state index contributed by atoms with van der Waals surface area (Å²) >= 11 is 6.63. The van der Waals surface area contributed by atoms with Gasteiger partial charge in [0.1, 0.15) is 10.6 Å². The molecule has 0 saturated carbocycles. The van der Waals surface area contributed by atoms with Gasteiger partial charge >= 0.3 is 10.1 Å². The molecule has 35 heavy (non-hydrogen) atoms. The number of nitrogens with zero attached hydrogens (tertiary/aromatic N) is 2. The highest BCUT2D eigenvalue weighted by molar-refractivity contribution is 14.1. The maximum absolute atomic E-state index is 12.8. The van der Waals surface area contributed by atoms with Crippen molar-refractivity contribution in [3.05, 3.63) is 95.4 Å². The maximum atomic E-state index is 12.8. The molecule has 3 aromatic rings. The smallest absolute Gasteiger partial charge is 0.339 e. The Balaban J connectivity index is 1.61. The van der Waals surface area contributed by atoms with Gasteiger partial charge in [0, 0.05) is 25.7 Å². The Hall–Kier alpha value is -2.75. The summed E-state index contributed by atoms with van der Waals surface area (Å²) in [6.07, 6.45) is 1.50. The quantitative estimate of drug-likeness (QED) is 0.117. The molecule has 1 saturated heterocycles. The van der Waals surface area contributed by atoms with Crippen LogP contribution in [0.15, 0.2) is 86.0 Å². The van der Waals surface area contributed by atoms with Crippen molar-refractivity contribution in [3.63, 3.8) is 0 Å². The van der Waals surface area contributed by atoms with E-state index < -0.39 is 15.0 Å². The molecule has 1 fully saturated rings. The van der Waals surface area contributed by atoms with Crippen molar-refractivity contribution >= 4 is 88.9 Å². The number of non-ortho nitro benzene ring substituents is 1. The zero-order valence-electron chi connectivity index (χ0n) is 17.3. The minimum Gasteiger partial charge on any atom is -0.378 e. The van der Waals surface area contributed by atoms with E-state index in [1.165, 1.54) is 12.1 Å². The zero-order valence-corrected chi connectivity index (χ0v) is 22.7. The fourth-order valence-corrected chi connectivity index (χ4v) is 5.39. The summed E-state index contributed by atoms with van der Waals surface area (Å²) in [6.45, 7) is 0. The number of carbonyl (C=O) groups excluding carboxylic acids is 1. The molecule has 0 bridgehead atoms. The SMILES string of the molecule is O=C1NC(=Nc2ccc(I)cc2)S/C1=C/c1cc(Br)ccc1OS(=O)(=O)c1ccc([N+](=O)[O-])cc1. The molecule has 0 aromatic heterocycles. The maximum Gasteiger partial charge on any atom is 0.339 e. The van der Waals surface area contributed by atoms with Crippen LogP contribution in [-0.4, -0.2) is 24.4 Å². The summed E-state index contributed by atoms with van der Waals surface area (Å²) < 4.78 is 32.6. The molecular formula is C22H13BrIN3O6S2. The molecule has 1 N–H and O–H groups in total. The number of rotatable bonds is 6. The third-order valence-corrected chi connectivity index (χ3v) is 7.87. The van der Waals surface area contributed by atoms with Crippen LogP contribution in [0.4, 0.5) is 11.4 Å². The molecule has 178 valence electrons. The van der Waals surface area contributed by atoms with Crippen molar-refractivity contribution in [3.8, 4) is 5.75 Å². The van der Waals surface area contributed by atoms with Gasteiger partial charge in [0.2, 0.25) is 0 Å². The van der Waals surface area contributed by atoms with Gasteiger partial charge in [-0.25, -0.2) is 4.99 Å². The second-order valence-corrected chi connectivity index (χ2v) is 11.7. The van der Waals surface area contributed by atoms with Gasteiger partial charge in [-0.1, -0.05) is 15.9 Å². The van der Waals surface area contributed by atoms with Crippen molar-refractivity contribution in [1.82, 2.24) is 5.32 Å². The van der Waals surface area contributed by atoms with Crippen molar-refractivity contribution in [1.29, 1.82) is 0 Å². The largest absolute Gasteiger partial charge is 0.378 e. The van der Waals surface area contributed by atoms with E-state index in [0.29, 0.717) is 25.8 Å². The van der Waals surface area contributed by atoms with E-state index in [1.807, 2.05) is 24.3 Å². The van der Waals surface area contributed by atoms with E-state index in [-0.39, 0.29) is 22.2 Å².